The molecule has 0 amide bonds. The minimum atomic E-state index is -0.0314. The average Bonchev–Trinajstić information content (AvgIpc) is 3.24. The van der Waals surface area contributed by atoms with Crippen LogP contribution in [0, 0.1) is 0 Å². The predicted molar refractivity (Wildman–Crippen MR) is 118 cm³/mol. The summed E-state index contributed by atoms with van der Waals surface area (Å²) in [5.41, 5.74) is 3.62. The molecule has 5 aromatic rings. The van der Waals surface area contributed by atoms with Gasteiger partial charge in [0.25, 0.3) is 0 Å². The molecule has 2 heterocycles. The Bertz CT molecular complexity index is 1340. The van der Waals surface area contributed by atoms with E-state index in [4.69, 9.17) is 4.42 Å². The lowest BCUT2D eigenvalue weighted by Gasteiger charge is -2.07. The maximum absolute atomic E-state index is 12.7. The summed E-state index contributed by atoms with van der Waals surface area (Å²) in [6.45, 7) is 0. The lowest BCUT2D eigenvalue weighted by molar-refractivity contribution is 0.615. The molecule has 4 heteroatoms. The van der Waals surface area contributed by atoms with Crippen LogP contribution in [-0.4, -0.2) is 4.98 Å². The number of benzene rings is 3. The van der Waals surface area contributed by atoms with Crippen molar-refractivity contribution in [1.82, 2.24) is 4.98 Å². The van der Waals surface area contributed by atoms with E-state index in [9.17, 15) is 4.79 Å². The molecule has 0 aliphatic heterocycles. The zero-order valence-corrected chi connectivity index (χ0v) is 16.4. The normalized spacial score (nSPS) is 11.0. The van der Waals surface area contributed by atoms with Gasteiger partial charge in [-0.15, -0.1) is 11.3 Å². The summed E-state index contributed by atoms with van der Waals surface area (Å²) in [5.74, 6) is 0.583. The van der Waals surface area contributed by atoms with Crippen molar-refractivity contribution in [2.45, 2.75) is 6.42 Å². The molecular formula is C25H17NO2S. The maximum Gasteiger partial charge on any atom is 0.193 e. The van der Waals surface area contributed by atoms with Gasteiger partial charge in [-0.2, -0.15) is 0 Å². The second kappa shape index (κ2) is 7.49. The van der Waals surface area contributed by atoms with Crippen LogP contribution in [0.5, 0.6) is 0 Å². The Hall–Kier alpha value is -3.50. The van der Waals surface area contributed by atoms with Crippen LogP contribution in [0.1, 0.15) is 10.6 Å². The second-order valence-corrected chi connectivity index (χ2v) is 7.91. The van der Waals surface area contributed by atoms with E-state index in [1.807, 2.05) is 72.9 Å². The Morgan fingerprint density at radius 3 is 2.31 bits per heavy atom. The topological polar surface area (TPSA) is 43.1 Å². The molecule has 0 N–H and O–H groups in total. The summed E-state index contributed by atoms with van der Waals surface area (Å²) < 4.78 is 6.20. The monoisotopic (exact) mass is 395 g/mol. The van der Waals surface area contributed by atoms with Crippen molar-refractivity contribution in [3.63, 3.8) is 0 Å². The first-order valence-electron chi connectivity index (χ1n) is 9.39. The highest BCUT2D eigenvalue weighted by Gasteiger charge is 2.13. The van der Waals surface area contributed by atoms with E-state index in [0.717, 1.165) is 26.6 Å². The van der Waals surface area contributed by atoms with Crippen LogP contribution in [0.2, 0.25) is 0 Å². The Morgan fingerprint density at radius 2 is 1.55 bits per heavy atom. The molecule has 29 heavy (non-hydrogen) atoms. The summed E-state index contributed by atoms with van der Waals surface area (Å²) in [5, 5.41) is 1.59. The van der Waals surface area contributed by atoms with Gasteiger partial charge in [0.1, 0.15) is 11.3 Å². The summed E-state index contributed by atoms with van der Waals surface area (Å²) in [6, 6.07) is 27.2. The standard InChI is InChI=1S/C25H17NO2S/c27-21-15-22(17-8-3-1-4-9-17)28-25-19(12-7-13-20(21)25)14-24-26-16-23(29-24)18-10-5-2-6-11-18/h1-13,15-16H,14H2. The Kier molecular flexibility index (Phi) is 4.54. The summed E-state index contributed by atoms with van der Waals surface area (Å²) in [7, 11) is 0. The van der Waals surface area contributed by atoms with Gasteiger partial charge < -0.3 is 4.42 Å². The molecule has 2 aromatic heterocycles. The number of aromatic nitrogens is 1. The van der Waals surface area contributed by atoms with Gasteiger partial charge in [-0.05, 0) is 11.6 Å². The highest BCUT2D eigenvalue weighted by atomic mass is 32.1. The Labute approximate surface area is 171 Å². The van der Waals surface area contributed by atoms with Crippen molar-refractivity contribution < 1.29 is 4.42 Å². The molecule has 3 aromatic carbocycles. The quantitative estimate of drug-likeness (QED) is 0.365. The van der Waals surface area contributed by atoms with E-state index < -0.39 is 0 Å². The number of thiazole rings is 1. The van der Waals surface area contributed by atoms with Crippen LogP contribution in [0.3, 0.4) is 0 Å². The van der Waals surface area contributed by atoms with Crippen molar-refractivity contribution in [3.05, 3.63) is 112 Å². The largest absolute Gasteiger partial charge is 0.456 e. The molecule has 0 fully saturated rings. The van der Waals surface area contributed by atoms with Crippen molar-refractivity contribution in [3.8, 4) is 21.8 Å². The number of hydrogen-bond donors (Lipinski definition) is 0. The first kappa shape index (κ1) is 17.6. The highest BCUT2D eigenvalue weighted by molar-refractivity contribution is 7.15. The molecule has 140 valence electrons. The molecule has 0 spiro atoms. The van der Waals surface area contributed by atoms with Crippen LogP contribution in [0.4, 0.5) is 0 Å². The van der Waals surface area contributed by atoms with Crippen LogP contribution in [0.25, 0.3) is 32.7 Å². The summed E-state index contributed by atoms with van der Waals surface area (Å²) in [4.78, 5) is 18.4. The van der Waals surface area contributed by atoms with E-state index >= 15 is 0 Å². The van der Waals surface area contributed by atoms with E-state index in [2.05, 4.69) is 17.1 Å². The molecule has 0 aliphatic carbocycles. The molecule has 0 saturated carbocycles. The number of para-hydroxylation sites is 1. The molecule has 0 radical (unpaired) electrons. The van der Waals surface area contributed by atoms with Gasteiger partial charge >= 0.3 is 0 Å². The van der Waals surface area contributed by atoms with Gasteiger partial charge in [0.15, 0.2) is 5.43 Å². The van der Waals surface area contributed by atoms with Crippen molar-refractivity contribution in [1.29, 1.82) is 0 Å². The Balaban J connectivity index is 1.56. The summed E-state index contributed by atoms with van der Waals surface area (Å²) >= 11 is 1.66. The minimum absolute atomic E-state index is 0.0314. The van der Waals surface area contributed by atoms with Crippen LogP contribution < -0.4 is 5.43 Å². The van der Waals surface area contributed by atoms with Gasteiger partial charge in [-0.3, -0.25) is 4.79 Å². The lowest BCUT2D eigenvalue weighted by Crippen LogP contribution is -2.02. The number of fused-ring (bicyclic) bond motifs is 1. The smallest absolute Gasteiger partial charge is 0.193 e. The third kappa shape index (κ3) is 3.50. The fourth-order valence-electron chi connectivity index (χ4n) is 3.41. The van der Waals surface area contributed by atoms with Crippen molar-refractivity contribution in [2.75, 3.05) is 0 Å². The minimum Gasteiger partial charge on any atom is -0.456 e. The molecule has 3 nitrogen and oxygen atoms in total. The number of hydrogen-bond acceptors (Lipinski definition) is 4. The van der Waals surface area contributed by atoms with Crippen LogP contribution in [0.15, 0.2) is 100 Å². The molecule has 0 bridgehead atoms. The van der Waals surface area contributed by atoms with Crippen molar-refractivity contribution >= 4 is 22.3 Å². The molecule has 0 saturated heterocycles. The number of nitrogens with zero attached hydrogens (tertiary/aromatic N) is 1. The lowest BCUT2D eigenvalue weighted by atomic mass is 10.1. The average molecular weight is 395 g/mol. The van der Waals surface area contributed by atoms with Crippen molar-refractivity contribution in [2.24, 2.45) is 0 Å². The predicted octanol–water partition coefficient (Wildman–Crippen LogP) is 6.17. The SMILES string of the molecule is O=c1cc(-c2ccccc2)oc2c(Cc3ncc(-c4ccccc4)s3)cccc12. The molecular weight excluding hydrogens is 378 g/mol. The zero-order chi connectivity index (χ0) is 19.6. The number of rotatable bonds is 4. The van der Waals surface area contributed by atoms with Gasteiger partial charge in [-0.1, -0.05) is 72.8 Å². The van der Waals surface area contributed by atoms with E-state index in [-0.39, 0.29) is 5.43 Å². The van der Waals surface area contributed by atoms with E-state index in [0.29, 0.717) is 23.2 Å². The van der Waals surface area contributed by atoms with Gasteiger partial charge in [0, 0.05) is 29.8 Å². The van der Waals surface area contributed by atoms with Gasteiger partial charge in [-0.25, -0.2) is 4.98 Å². The fourth-order valence-corrected chi connectivity index (χ4v) is 4.36. The highest BCUT2D eigenvalue weighted by Crippen LogP contribution is 2.29. The zero-order valence-electron chi connectivity index (χ0n) is 15.5. The fraction of sp³-hybridized carbons (Fsp3) is 0.0400. The van der Waals surface area contributed by atoms with E-state index in [1.165, 1.54) is 0 Å². The van der Waals surface area contributed by atoms with E-state index in [1.54, 1.807) is 17.4 Å². The second-order valence-electron chi connectivity index (χ2n) is 6.80. The molecule has 0 aliphatic rings. The maximum atomic E-state index is 12.7. The van der Waals surface area contributed by atoms with Gasteiger partial charge in [0.2, 0.25) is 0 Å². The van der Waals surface area contributed by atoms with Crippen LogP contribution >= 0.6 is 11.3 Å². The molecule has 5 rings (SSSR count). The third-order valence-corrected chi connectivity index (χ3v) is 5.89. The van der Waals surface area contributed by atoms with Crippen LogP contribution in [-0.2, 0) is 6.42 Å². The molecule has 0 atom stereocenters. The summed E-state index contributed by atoms with van der Waals surface area (Å²) in [6.07, 6.45) is 2.53. The third-order valence-electron chi connectivity index (χ3n) is 4.85. The molecule has 0 unspecified atom stereocenters. The first-order chi connectivity index (χ1) is 14.3. The van der Waals surface area contributed by atoms with Gasteiger partial charge in [0.05, 0.1) is 15.3 Å². The first-order valence-corrected chi connectivity index (χ1v) is 10.2. The Morgan fingerprint density at radius 1 is 0.828 bits per heavy atom.